The molecule has 1 aromatic rings. The molecule has 0 aliphatic rings. The van der Waals surface area contributed by atoms with Gasteiger partial charge in [0, 0.05) is 17.9 Å². The molecule has 1 unspecified atom stereocenters. The summed E-state index contributed by atoms with van der Waals surface area (Å²) in [6, 6.07) is 6.18. The summed E-state index contributed by atoms with van der Waals surface area (Å²) in [5.74, 6) is -1.37. The van der Waals surface area contributed by atoms with Crippen molar-refractivity contribution in [3.05, 3.63) is 29.3 Å². The Kier molecular flexibility index (Phi) is 6.67. The molecule has 0 spiro atoms. The zero-order valence-electron chi connectivity index (χ0n) is 11.7. The number of ether oxygens (including phenoxy) is 2. The van der Waals surface area contributed by atoms with E-state index in [0.29, 0.717) is 5.02 Å². The predicted molar refractivity (Wildman–Crippen MR) is 72.5 cm³/mol. The fraction of sp³-hybridized carbons (Fsp3) is 0.429. The molecular formula is C14H14ClF3O4. The van der Waals surface area contributed by atoms with Crippen LogP contribution in [-0.4, -0.2) is 24.2 Å². The van der Waals surface area contributed by atoms with Gasteiger partial charge in [0.25, 0.3) is 0 Å². The summed E-state index contributed by atoms with van der Waals surface area (Å²) in [5.41, 5.74) is 0. The normalized spacial score (nSPS) is 12.6. The maximum Gasteiger partial charge on any atom is 0.425 e. The van der Waals surface area contributed by atoms with E-state index in [0.717, 1.165) is 6.92 Å². The average Bonchev–Trinajstić information content (AvgIpc) is 2.37. The summed E-state index contributed by atoms with van der Waals surface area (Å²) in [5, 5.41) is 0.398. The minimum Gasteiger partial charge on any atom is -0.453 e. The van der Waals surface area contributed by atoms with Crippen molar-refractivity contribution in [3.8, 4) is 5.75 Å². The van der Waals surface area contributed by atoms with E-state index in [-0.39, 0.29) is 25.0 Å². The molecule has 1 rings (SSSR count). The molecule has 122 valence electrons. The first-order valence-electron chi connectivity index (χ1n) is 6.41. The summed E-state index contributed by atoms with van der Waals surface area (Å²) in [4.78, 5) is 22.7. The molecule has 0 radical (unpaired) electrons. The zero-order chi connectivity index (χ0) is 16.8. The smallest absolute Gasteiger partial charge is 0.425 e. The number of halogens is 4. The minimum absolute atomic E-state index is 0.0306. The van der Waals surface area contributed by atoms with Crippen LogP contribution in [0.2, 0.25) is 5.02 Å². The highest BCUT2D eigenvalue weighted by Gasteiger charge is 2.38. The number of alkyl halides is 3. The van der Waals surface area contributed by atoms with Gasteiger partial charge < -0.3 is 9.47 Å². The number of hydrogen-bond donors (Lipinski definition) is 0. The fourth-order valence-electron chi connectivity index (χ4n) is 1.41. The molecule has 0 amide bonds. The molecule has 0 aliphatic heterocycles. The van der Waals surface area contributed by atoms with Gasteiger partial charge in [-0.3, -0.25) is 9.59 Å². The van der Waals surface area contributed by atoms with Crippen molar-refractivity contribution in [3.63, 3.8) is 0 Å². The topological polar surface area (TPSA) is 52.6 Å². The van der Waals surface area contributed by atoms with Crippen molar-refractivity contribution < 1.29 is 32.2 Å². The minimum atomic E-state index is -4.60. The Bertz CT molecular complexity index is 531. The number of esters is 2. The molecule has 0 fully saturated rings. The second kappa shape index (κ2) is 8.03. The maximum atomic E-state index is 12.2. The van der Waals surface area contributed by atoms with Crippen LogP contribution in [-0.2, 0) is 14.3 Å². The lowest BCUT2D eigenvalue weighted by Gasteiger charge is -2.16. The predicted octanol–water partition coefficient (Wildman–Crippen LogP) is 3.91. The highest BCUT2D eigenvalue weighted by molar-refractivity contribution is 6.30. The number of hydrogen-bond acceptors (Lipinski definition) is 4. The lowest BCUT2D eigenvalue weighted by atomic mass is 10.2. The SMILES string of the molecule is CC(OC(=O)CCCC(=O)Oc1cccc(Cl)c1)C(F)(F)F. The number of carbonyl (C=O) groups is 2. The van der Waals surface area contributed by atoms with E-state index in [1.54, 1.807) is 12.1 Å². The number of carbonyl (C=O) groups excluding carboxylic acids is 2. The average molecular weight is 339 g/mol. The van der Waals surface area contributed by atoms with Gasteiger partial charge >= 0.3 is 18.1 Å². The molecule has 0 heterocycles. The van der Waals surface area contributed by atoms with Crippen molar-refractivity contribution in [2.24, 2.45) is 0 Å². The van der Waals surface area contributed by atoms with Crippen molar-refractivity contribution in [1.29, 1.82) is 0 Å². The highest BCUT2D eigenvalue weighted by Crippen LogP contribution is 2.23. The first-order valence-corrected chi connectivity index (χ1v) is 6.78. The summed E-state index contributed by atoms with van der Waals surface area (Å²) in [6.07, 6.45) is -7.16. The van der Waals surface area contributed by atoms with Gasteiger partial charge in [0.15, 0.2) is 6.10 Å². The molecule has 0 saturated carbocycles. The maximum absolute atomic E-state index is 12.2. The summed E-state index contributed by atoms with van der Waals surface area (Å²) < 4.78 is 45.7. The van der Waals surface area contributed by atoms with Crippen LogP contribution in [0.3, 0.4) is 0 Å². The van der Waals surface area contributed by atoms with Crippen molar-refractivity contribution >= 4 is 23.5 Å². The first kappa shape index (κ1) is 18.3. The molecular weight excluding hydrogens is 325 g/mol. The van der Waals surface area contributed by atoms with Crippen LogP contribution in [0.1, 0.15) is 26.2 Å². The third kappa shape index (κ3) is 6.80. The van der Waals surface area contributed by atoms with Gasteiger partial charge in [-0.2, -0.15) is 13.2 Å². The monoisotopic (exact) mass is 338 g/mol. The Morgan fingerprint density at radius 2 is 1.86 bits per heavy atom. The van der Waals surface area contributed by atoms with Crippen LogP contribution in [0.25, 0.3) is 0 Å². The standard InChI is InChI=1S/C14H14ClF3O4/c1-9(14(16,17)18)21-12(19)6-3-7-13(20)22-11-5-2-4-10(15)8-11/h2,4-5,8-9H,3,6-7H2,1H3. The van der Waals surface area contributed by atoms with E-state index in [4.69, 9.17) is 16.3 Å². The Morgan fingerprint density at radius 3 is 2.45 bits per heavy atom. The zero-order valence-corrected chi connectivity index (χ0v) is 12.4. The van der Waals surface area contributed by atoms with Crippen LogP contribution < -0.4 is 4.74 Å². The van der Waals surface area contributed by atoms with Crippen LogP contribution in [0.4, 0.5) is 13.2 Å². The van der Waals surface area contributed by atoms with Crippen LogP contribution in [0.5, 0.6) is 5.75 Å². The summed E-state index contributed by atoms with van der Waals surface area (Å²) in [7, 11) is 0. The molecule has 1 atom stereocenters. The lowest BCUT2D eigenvalue weighted by molar-refractivity contribution is -0.216. The number of benzene rings is 1. The molecule has 0 aromatic heterocycles. The molecule has 0 bridgehead atoms. The van der Waals surface area contributed by atoms with Crippen molar-refractivity contribution in [1.82, 2.24) is 0 Å². The van der Waals surface area contributed by atoms with Crippen LogP contribution in [0.15, 0.2) is 24.3 Å². The van der Waals surface area contributed by atoms with Gasteiger partial charge in [0.2, 0.25) is 0 Å². The largest absolute Gasteiger partial charge is 0.453 e. The Labute approximate surface area is 130 Å². The van der Waals surface area contributed by atoms with Gasteiger partial charge in [0.05, 0.1) is 0 Å². The second-order valence-corrected chi connectivity index (χ2v) is 4.90. The second-order valence-electron chi connectivity index (χ2n) is 4.46. The van der Waals surface area contributed by atoms with E-state index in [1.807, 2.05) is 0 Å². The Morgan fingerprint density at radius 1 is 1.23 bits per heavy atom. The van der Waals surface area contributed by atoms with Crippen molar-refractivity contribution in [2.75, 3.05) is 0 Å². The Hall–Kier alpha value is -1.76. The van der Waals surface area contributed by atoms with Gasteiger partial charge in [-0.15, -0.1) is 0 Å². The Balaban J connectivity index is 2.29. The highest BCUT2D eigenvalue weighted by atomic mass is 35.5. The third-order valence-corrected chi connectivity index (χ3v) is 2.79. The lowest BCUT2D eigenvalue weighted by Crippen LogP contribution is -2.30. The van der Waals surface area contributed by atoms with E-state index >= 15 is 0 Å². The van der Waals surface area contributed by atoms with E-state index in [9.17, 15) is 22.8 Å². The van der Waals surface area contributed by atoms with Gasteiger partial charge in [-0.1, -0.05) is 17.7 Å². The fourth-order valence-corrected chi connectivity index (χ4v) is 1.59. The molecule has 0 aliphatic carbocycles. The van der Waals surface area contributed by atoms with E-state index in [1.165, 1.54) is 12.1 Å². The number of rotatable bonds is 6. The summed E-state index contributed by atoms with van der Waals surface area (Å²) in [6.45, 7) is 0.741. The van der Waals surface area contributed by atoms with E-state index < -0.39 is 24.2 Å². The summed E-state index contributed by atoms with van der Waals surface area (Å²) >= 11 is 5.72. The van der Waals surface area contributed by atoms with Crippen molar-refractivity contribution in [2.45, 2.75) is 38.5 Å². The molecule has 0 N–H and O–H groups in total. The molecule has 0 saturated heterocycles. The third-order valence-electron chi connectivity index (χ3n) is 2.56. The first-order chi connectivity index (χ1) is 10.2. The molecule has 8 heteroatoms. The molecule has 22 heavy (non-hydrogen) atoms. The molecule has 1 aromatic carbocycles. The van der Waals surface area contributed by atoms with Gasteiger partial charge in [-0.25, -0.2) is 0 Å². The molecule has 4 nitrogen and oxygen atoms in total. The van der Waals surface area contributed by atoms with Gasteiger partial charge in [-0.05, 0) is 31.5 Å². The van der Waals surface area contributed by atoms with E-state index in [2.05, 4.69) is 4.74 Å². The van der Waals surface area contributed by atoms with Gasteiger partial charge in [0.1, 0.15) is 5.75 Å². The van der Waals surface area contributed by atoms with Crippen LogP contribution >= 0.6 is 11.6 Å². The quantitative estimate of drug-likeness (QED) is 0.583. The van der Waals surface area contributed by atoms with Crippen LogP contribution in [0, 0.1) is 0 Å².